The van der Waals surface area contributed by atoms with Crippen LogP contribution in [0.5, 0.6) is 0 Å². The summed E-state index contributed by atoms with van der Waals surface area (Å²) in [5, 5.41) is 11.6. The first-order chi connectivity index (χ1) is 9.78. The molecule has 1 aromatic heterocycles. The molecular weight excluding hydrogens is 252 g/mol. The van der Waals surface area contributed by atoms with E-state index in [4.69, 9.17) is 4.74 Å². The van der Waals surface area contributed by atoms with E-state index in [0.717, 1.165) is 36.1 Å². The van der Waals surface area contributed by atoms with Gasteiger partial charge >= 0.3 is 0 Å². The second-order valence-corrected chi connectivity index (χ2v) is 5.21. The van der Waals surface area contributed by atoms with Gasteiger partial charge in [0.15, 0.2) is 0 Å². The quantitative estimate of drug-likeness (QED) is 0.928. The second-order valence-electron chi connectivity index (χ2n) is 5.21. The van der Waals surface area contributed by atoms with Crippen LogP contribution in [-0.2, 0) is 4.74 Å². The number of hydrogen-bond donors (Lipinski definition) is 1. The Morgan fingerprint density at radius 2 is 2.30 bits per heavy atom. The second kappa shape index (κ2) is 5.87. The van der Waals surface area contributed by atoms with Crippen LogP contribution in [-0.4, -0.2) is 47.3 Å². The topological polar surface area (TPSA) is 45.6 Å². The Balaban J connectivity index is 1.82. The van der Waals surface area contributed by atoms with E-state index in [1.54, 1.807) is 6.20 Å². The summed E-state index contributed by atoms with van der Waals surface area (Å²) in [5.74, 6) is 0. The Kier molecular flexibility index (Phi) is 3.96. The van der Waals surface area contributed by atoms with Crippen molar-refractivity contribution in [3.8, 4) is 0 Å². The van der Waals surface area contributed by atoms with Gasteiger partial charge in [0.05, 0.1) is 12.1 Å². The molecule has 2 atom stereocenters. The highest BCUT2D eigenvalue weighted by Gasteiger charge is 2.27. The zero-order valence-electron chi connectivity index (χ0n) is 11.7. The molecular formula is C16H20N2O2. The van der Waals surface area contributed by atoms with E-state index < -0.39 is 6.10 Å². The molecule has 1 N–H and O–H groups in total. The van der Waals surface area contributed by atoms with Gasteiger partial charge < -0.3 is 9.84 Å². The van der Waals surface area contributed by atoms with Gasteiger partial charge in [0.2, 0.25) is 0 Å². The van der Waals surface area contributed by atoms with Crippen LogP contribution in [0.3, 0.4) is 0 Å². The predicted octanol–water partition coefficient (Wildman–Crippen LogP) is 1.99. The summed E-state index contributed by atoms with van der Waals surface area (Å²) >= 11 is 0. The number of para-hydroxylation sites is 1. The molecule has 106 valence electrons. The van der Waals surface area contributed by atoms with Crippen molar-refractivity contribution in [2.24, 2.45) is 0 Å². The number of aliphatic hydroxyl groups excluding tert-OH is 1. The third-order valence-corrected chi connectivity index (χ3v) is 3.93. The Morgan fingerprint density at radius 1 is 1.45 bits per heavy atom. The predicted molar refractivity (Wildman–Crippen MR) is 78.6 cm³/mol. The summed E-state index contributed by atoms with van der Waals surface area (Å²) in [6.45, 7) is 5.51. The first-order valence-electron chi connectivity index (χ1n) is 7.14. The number of ether oxygens (including phenoxy) is 1. The number of fused-ring (bicyclic) bond motifs is 1. The van der Waals surface area contributed by atoms with E-state index >= 15 is 0 Å². The molecule has 3 rings (SSSR count). The molecule has 0 spiro atoms. The van der Waals surface area contributed by atoms with E-state index in [1.807, 2.05) is 30.3 Å². The monoisotopic (exact) mass is 272 g/mol. The Bertz CT molecular complexity index is 587. The third-order valence-electron chi connectivity index (χ3n) is 3.93. The van der Waals surface area contributed by atoms with E-state index in [-0.39, 0.29) is 6.10 Å². The fourth-order valence-corrected chi connectivity index (χ4v) is 2.67. The number of hydrogen-bond acceptors (Lipinski definition) is 4. The van der Waals surface area contributed by atoms with Crippen molar-refractivity contribution in [1.29, 1.82) is 0 Å². The SMILES string of the molecule is CCN1CCOC(C(O)c2cnc3ccccc3c2)C1. The number of likely N-dealkylation sites (N-methyl/N-ethyl adjacent to an activating group) is 1. The molecule has 1 saturated heterocycles. The van der Waals surface area contributed by atoms with Crippen molar-refractivity contribution in [3.63, 3.8) is 0 Å². The highest BCUT2D eigenvalue weighted by Crippen LogP contribution is 2.24. The lowest BCUT2D eigenvalue weighted by molar-refractivity contribution is -0.0889. The number of aliphatic hydroxyl groups is 1. The standard InChI is InChI=1S/C16H20N2O2/c1-2-18-7-8-20-15(11-18)16(19)13-9-12-5-3-4-6-14(12)17-10-13/h3-6,9-10,15-16,19H,2,7-8,11H2,1H3. The number of rotatable bonds is 3. The smallest absolute Gasteiger partial charge is 0.108 e. The van der Waals surface area contributed by atoms with Crippen LogP contribution in [0.15, 0.2) is 36.5 Å². The number of nitrogens with zero attached hydrogens (tertiary/aromatic N) is 2. The molecule has 1 aliphatic rings. The van der Waals surface area contributed by atoms with Gasteiger partial charge in [-0.05, 0) is 18.7 Å². The Labute approximate surface area is 119 Å². The minimum Gasteiger partial charge on any atom is -0.386 e. The minimum absolute atomic E-state index is 0.174. The maximum Gasteiger partial charge on any atom is 0.108 e. The number of benzene rings is 1. The molecule has 4 nitrogen and oxygen atoms in total. The van der Waals surface area contributed by atoms with Gasteiger partial charge in [-0.15, -0.1) is 0 Å². The lowest BCUT2D eigenvalue weighted by Crippen LogP contribution is -2.44. The molecule has 0 aliphatic carbocycles. The molecule has 0 bridgehead atoms. The Hall–Kier alpha value is -1.49. The first kappa shape index (κ1) is 13.5. The van der Waals surface area contributed by atoms with Gasteiger partial charge in [-0.1, -0.05) is 25.1 Å². The highest BCUT2D eigenvalue weighted by molar-refractivity contribution is 5.78. The average Bonchev–Trinajstić information content (AvgIpc) is 2.53. The summed E-state index contributed by atoms with van der Waals surface area (Å²) in [6.07, 6.45) is 0.953. The van der Waals surface area contributed by atoms with Crippen LogP contribution in [0, 0.1) is 0 Å². The van der Waals surface area contributed by atoms with Crippen molar-refractivity contribution < 1.29 is 9.84 Å². The fourth-order valence-electron chi connectivity index (χ4n) is 2.67. The van der Waals surface area contributed by atoms with Gasteiger partial charge in [0.25, 0.3) is 0 Å². The molecule has 20 heavy (non-hydrogen) atoms. The summed E-state index contributed by atoms with van der Waals surface area (Å²) in [7, 11) is 0. The van der Waals surface area contributed by atoms with Crippen LogP contribution in [0.2, 0.25) is 0 Å². The maximum atomic E-state index is 10.5. The van der Waals surface area contributed by atoms with Crippen molar-refractivity contribution in [2.45, 2.75) is 19.1 Å². The lowest BCUT2D eigenvalue weighted by Gasteiger charge is -2.34. The summed E-state index contributed by atoms with van der Waals surface area (Å²) in [4.78, 5) is 6.70. The van der Waals surface area contributed by atoms with E-state index in [0.29, 0.717) is 6.61 Å². The molecule has 1 aliphatic heterocycles. The van der Waals surface area contributed by atoms with Crippen molar-refractivity contribution in [1.82, 2.24) is 9.88 Å². The molecule has 0 saturated carbocycles. The molecule has 1 aromatic carbocycles. The van der Waals surface area contributed by atoms with Crippen molar-refractivity contribution in [3.05, 3.63) is 42.1 Å². The average molecular weight is 272 g/mol. The van der Waals surface area contributed by atoms with Gasteiger partial charge in [-0.25, -0.2) is 0 Å². The van der Waals surface area contributed by atoms with Crippen molar-refractivity contribution >= 4 is 10.9 Å². The molecule has 2 heterocycles. The highest BCUT2D eigenvalue weighted by atomic mass is 16.5. The zero-order chi connectivity index (χ0) is 13.9. The van der Waals surface area contributed by atoms with Gasteiger partial charge in [-0.2, -0.15) is 0 Å². The van der Waals surface area contributed by atoms with Crippen LogP contribution in [0.25, 0.3) is 10.9 Å². The van der Waals surface area contributed by atoms with E-state index in [9.17, 15) is 5.11 Å². The van der Waals surface area contributed by atoms with E-state index in [2.05, 4.69) is 16.8 Å². The third kappa shape index (κ3) is 2.68. The van der Waals surface area contributed by atoms with Crippen LogP contribution >= 0.6 is 0 Å². The van der Waals surface area contributed by atoms with E-state index in [1.165, 1.54) is 0 Å². The van der Waals surface area contributed by atoms with Crippen molar-refractivity contribution in [2.75, 3.05) is 26.2 Å². The van der Waals surface area contributed by atoms with Gasteiger partial charge in [-0.3, -0.25) is 9.88 Å². The molecule has 0 radical (unpaired) electrons. The maximum absolute atomic E-state index is 10.5. The normalized spacial score (nSPS) is 22.0. The molecule has 0 amide bonds. The number of aromatic nitrogens is 1. The largest absolute Gasteiger partial charge is 0.386 e. The Morgan fingerprint density at radius 3 is 3.15 bits per heavy atom. The van der Waals surface area contributed by atoms with Crippen LogP contribution in [0.1, 0.15) is 18.6 Å². The van der Waals surface area contributed by atoms with Gasteiger partial charge in [0, 0.05) is 30.2 Å². The van der Waals surface area contributed by atoms with Crippen LogP contribution < -0.4 is 0 Å². The summed E-state index contributed by atoms with van der Waals surface area (Å²) in [5.41, 5.74) is 1.77. The minimum atomic E-state index is -0.624. The summed E-state index contributed by atoms with van der Waals surface area (Å²) < 4.78 is 5.72. The lowest BCUT2D eigenvalue weighted by atomic mass is 10.0. The zero-order valence-corrected chi connectivity index (χ0v) is 11.7. The first-order valence-corrected chi connectivity index (χ1v) is 7.14. The number of pyridine rings is 1. The molecule has 2 unspecified atom stereocenters. The van der Waals surface area contributed by atoms with Crippen LogP contribution in [0.4, 0.5) is 0 Å². The van der Waals surface area contributed by atoms with Gasteiger partial charge in [0.1, 0.15) is 12.2 Å². The fraction of sp³-hybridized carbons (Fsp3) is 0.438. The summed E-state index contributed by atoms with van der Waals surface area (Å²) in [6, 6.07) is 9.94. The number of morpholine rings is 1. The molecule has 1 fully saturated rings. The molecule has 4 heteroatoms. The molecule has 2 aromatic rings.